The number of carbonyl (C=O) groups excluding carboxylic acids is 3. The number of nitrogens with zero attached hydrogens (tertiary/aromatic N) is 1. The SMILES string of the molecule is Cc1cc(OCC(=O)OCc2ccccc2)cc(C)c1S(=O)(=O)OC[C@@](C)(O)C(=O)[C@H](CC(C)C)N(C(=O)OC(C)(C)C)c1ccccc1. The van der Waals surface area contributed by atoms with Gasteiger partial charge in [-0.1, -0.05) is 62.4 Å². The molecule has 0 heterocycles. The number of rotatable bonds is 15. The van der Waals surface area contributed by atoms with Gasteiger partial charge < -0.3 is 19.3 Å². The lowest BCUT2D eigenvalue weighted by atomic mass is 9.89. The van der Waals surface area contributed by atoms with Crippen molar-refractivity contribution < 1.29 is 46.3 Å². The van der Waals surface area contributed by atoms with Crippen molar-refractivity contribution in [3.05, 3.63) is 89.5 Å². The van der Waals surface area contributed by atoms with Crippen LogP contribution in [0.25, 0.3) is 0 Å². The van der Waals surface area contributed by atoms with Crippen LogP contribution in [0, 0.1) is 19.8 Å². The number of aryl methyl sites for hydroxylation is 2. The number of aliphatic hydroxyl groups is 1. The van der Waals surface area contributed by atoms with E-state index in [2.05, 4.69) is 0 Å². The number of carbonyl (C=O) groups is 3. The maximum atomic E-state index is 14.0. The number of amides is 1. The largest absolute Gasteiger partial charge is 0.482 e. The lowest BCUT2D eigenvalue weighted by Crippen LogP contribution is -2.56. The van der Waals surface area contributed by atoms with Crippen LogP contribution in [0.3, 0.4) is 0 Å². The molecule has 1 N–H and O–H groups in total. The van der Waals surface area contributed by atoms with Crippen LogP contribution in [0.5, 0.6) is 5.75 Å². The van der Waals surface area contributed by atoms with Crippen molar-refractivity contribution in [3.8, 4) is 5.75 Å². The van der Waals surface area contributed by atoms with E-state index < -0.39 is 51.8 Å². The zero-order chi connectivity index (χ0) is 36.6. The molecule has 0 spiro atoms. The minimum absolute atomic E-state index is 0.0887. The molecular weight excluding hydrogens is 650 g/mol. The summed E-state index contributed by atoms with van der Waals surface area (Å²) in [5.41, 5.74) is -1.49. The zero-order valence-electron chi connectivity index (χ0n) is 29.4. The van der Waals surface area contributed by atoms with E-state index in [-0.39, 0.29) is 47.3 Å². The molecule has 0 fully saturated rings. The second-order valence-electron chi connectivity index (χ2n) is 13.5. The molecule has 0 unspecified atom stereocenters. The van der Waals surface area contributed by atoms with Gasteiger partial charge in [-0.25, -0.2) is 9.59 Å². The Morgan fingerprint density at radius 1 is 0.878 bits per heavy atom. The molecule has 0 aliphatic rings. The Balaban J connectivity index is 1.78. The number of para-hydroxylation sites is 1. The standard InChI is InChI=1S/C37H47NO10S/c1-25(2)19-31(38(29-17-13-10-14-18-29)35(41)48-36(5,6)7)34(40)37(8,42)24-47-49(43,44)33-26(3)20-30(21-27(33)4)45-23-32(39)46-22-28-15-11-9-12-16-28/h9-18,20-21,25,31,42H,19,22-24H2,1-8H3/t31-,37+/m0/s1. The number of Topliss-reactive ketones (excluding diaryl/α,β-unsaturated/α-hetero) is 1. The maximum absolute atomic E-state index is 14.0. The predicted octanol–water partition coefficient (Wildman–Crippen LogP) is 6.31. The van der Waals surface area contributed by atoms with Gasteiger partial charge >= 0.3 is 12.1 Å². The molecule has 0 saturated carbocycles. The smallest absolute Gasteiger partial charge is 0.415 e. The summed E-state index contributed by atoms with van der Waals surface area (Å²) in [6.45, 7) is 11.8. The second-order valence-corrected chi connectivity index (χ2v) is 15.1. The van der Waals surface area contributed by atoms with Crippen molar-refractivity contribution >= 4 is 33.7 Å². The summed E-state index contributed by atoms with van der Waals surface area (Å²) in [7, 11) is -4.50. The van der Waals surface area contributed by atoms with Crippen LogP contribution in [0.2, 0.25) is 0 Å². The van der Waals surface area contributed by atoms with Gasteiger partial charge in [0.1, 0.15) is 41.1 Å². The van der Waals surface area contributed by atoms with Crippen LogP contribution < -0.4 is 9.64 Å². The summed E-state index contributed by atoms with van der Waals surface area (Å²) < 4.78 is 48.7. The molecule has 3 aromatic rings. The fourth-order valence-corrected chi connectivity index (χ4v) is 6.49. The van der Waals surface area contributed by atoms with E-state index in [0.717, 1.165) is 12.5 Å². The Kier molecular flexibility index (Phi) is 13.1. The van der Waals surface area contributed by atoms with Crippen LogP contribution in [0.15, 0.2) is 77.7 Å². The molecule has 3 aromatic carbocycles. The van der Waals surface area contributed by atoms with Gasteiger partial charge in [0.2, 0.25) is 0 Å². The molecule has 266 valence electrons. The molecule has 0 aliphatic heterocycles. The van der Waals surface area contributed by atoms with Gasteiger partial charge in [0.15, 0.2) is 12.4 Å². The summed E-state index contributed by atoms with van der Waals surface area (Å²) in [6, 6.07) is 19.3. The molecule has 0 aromatic heterocycles. The van der Waals surface area contributed by atoms with E-state index in [1.54, 1.807) is 51.1 Å². The lowest BCUT2D eigenvalue weighted by molar-refractivity contribution is -0.147. The summed E-state index contributed by atoms with van der Waals surface area (Å²) in [5.74, 6) is -1.27. The van der Waals surface area contributed by atoms with Gasteiger partial charge in [-0.15, -0.1) is 0 Å². The average molecular weight is 698 g/mol. The van der Waals surface area contributed by atoms with Crippen molar-refractivity contribution in [2.75, 3.05) is 18.1 Å². The molecule has 2 atom stereocenters. The van der Waals surface area contributed by atoms with Gasteiger partial charge in [0.05, 0.1) is 0 Å². The highest BCUT2D eigenvalue weighted by atomic mass is 32.2. The Bertz CT molecular complexity index is 1670. The first kappa shape index (κ1) is 39.2. The Morgan fingerprint density at radius 3 is 1.96 bits per heavy atom. The lowest BCUT2D eigenvalue weighted by Gasteiger charge is -2.36. The monoisotopic (exact) mass is 697 g/mol. The Morgan fingerprint density at radius 2 is 1.43 bits per heavy atom. The van der Waals surface area contributed by atoms with Crippen molar-refractivity contribution in [1.29, 1.82) is 0 Å². The number of anilines is 1. The van der Waals surface area contributed by atoms with E-state index in [1.165, 1.54) is 30.9 Å². The quantitative estimate of drug-likeness (QED) is 0.142. The Hall–Kier alpha value is -4.26. The third-order valence-corrected chi connectivity index (χ3v) is 8.81. The molecule has 0 saturated heterocycles. The van der Waals surface area contributed by atoms with Crippen molar-refractivity contribution in [2.45, 2.75) is 90.6 Å². The van der Waals surface area contributed by atoms with Crippen LogP contribution in [-0.2, 0) is 40.0 Å². The van der Waals surface area contributed by atoms with E-state index in [1.807, 2.05) is 44.2 Å². The van der Waals surface area contributed by atoms with Crippen molar-refractivity contribution in [2.24, 2.45) is 5.92 Å². The number of ether oxygens (including phenoxy) is 3. The summed E-state index contributed by atoms with van der Waals surface area (Å²) in [4.78, 5) is 40.8. The highest BCUT2D eigenvalue weighted by Gasteiger charge is 2.44. The predicted molar refractivity (Wildman–Crippen MR) is 185 cm³/mol. The molecule has 0 bridgehead atoms. The second kappa shape index (κ2) is 16.4. The minimum atomic E-state index is -4.50. The minimum Gasteiger partial charge on any atom is -0.482 e. The number of hydrogen-bond donors (Lipinski definition) is 1. The number of esters is 1. The zero-order valence-corrected chi connectivity index (χ0v) is 30.2. The third kappa shape index (κ3) is 11.4. The summed E-state index contributed by atoms with van der Waals surface area (Å²) in [6.07, 6.45) is -0.643. The first-order valence-electron chi connectivity index (χ1n) is 16.0. The van der Waals surface area contributed by atoms with Crippen LogP contribution in [-0.4, -0.2) is 61.8 Å². The van der Waals surface area contributed by atoms with Gasteiger partial charge in [-0.3, -0.25) is 13.9 Å². The van der Waals surface area contributed by atoms with Crippen LogP contribution in [0.1, 0.15) is 64.7 Å². The van der Waals surface area contributed by atoms with Gasteiger partial charge in [0.25, 0.3) is 10.1 Å². The highest BCUT2D eigenvalue weighted by molar-refractivity contribution is 7.86. The summed E-state index contributed by atoms with van der Waals surface area (Å²) in [5, 5.41) is 11.4. The third-order valence-electron chi connectivity index (χ3n) is 7.24. The topological polar surface area (TPSA) is 146 Å². The highest BCUT2D eigenvalue weighted by Crippen LogP contribution is 2.30. The maximum Gasteiger partial charge on any atom is 0.415 e. The van der Waals surface area contributed by atoms with Crippen molar-refractivity contribution in [3.63, 3.8) is 0 Å². The van der Waals surface area contributed by atoms with E-state index in [4.69, 9.17) is 18.4 Å². The van der Waals surface area contributed by atoms with E-state index in [0.29, 0.717) is 5.69 Å². The fraction of sp³-hybridized carbons (Fsp3) is 0.432. The first-order chi connectivity index (χ1) is 22.8. The average Bonchev–Trinajstić information content (AvgIpc) is 3.01. The molecule has 0 aliphatic carbocycles. The van der Waals surface area contributed by atoms with Gasteiger partial charge in [-0.2, -0.15) is 8.42 Å². The van der Waals surface area contributed by atoms with E-state index in [9.17, 15) is 27.9 Å². The normalized spacial score (nSPS) is 13.7. The molecular formula is C37H47NO10S. The number of benzene rings is 3. The summed E-state index contributed by atoms with van der Waals surface area (Å²) >= 11 is 0. The van der Waals surface area contributed by atoms with Crippen molar-refractivity contribution in [1.82, 2.24) is 0 Å². The molecule has 12 heteroatoms. The number of hydrogen-bond acceptors (Lipinski definition) is 10. The van der Waals surface area contributed by atoms with Gasteiger partial charge in [-0.05, 0) is 94.8 Å². The fourth-order valence-electron chi connectivity index (χ4n) is 5.08. The van der Waals surface area contributed by atoms with Gasteiger partial charge in [0, 0.05) is 5.69 Å². The van der Waals surface area contributed by atoms with Crippen LogP contribution in [0.4, 0.5) is 10.5 Å². The van der Waals surface area contributed by atoms with Crippen LogP contribution >= 0.6 is 0 Å². The Labute approximate surface area is 289 Å². The molecule has 1 amide bonds. The molecule has 49 heavy (non-hydrogen) atoms. The van der Waals surface area contributed by atoms with E-state index >= 15 is 0 Å². The molecule has 11 nitrogen and oxygen atoms in total. The number of ketones is 1. The molecule has 3 rings (SSSR count). The molecule has 0 radical (unpaired) electrons. The first-order valence-corrected chi connectivity index (χ1v) is 17.4.